The van der Waals surface area contributed by atoms with E-state index in [1.54, 1.807) is 19.1 Å². The zero-order chi connectivity index (χ0) is 20.1. The number of allylic oxidation sites excluding steroid dienone is 1. The Morgan fingerprint density at radius 2 is 1.96 bits per heavy atom. The van der Waals surface area contributed by atoms with E-state index in [2.05, 4.69) is 0 Å². The van der Waals surface area contributed by atoms with E-state index in [0.717, 1.165) is 26.4 Å². The van der Waals surface area contributed by atoms with E-state index in [4.69, 9.17) is 14.2 Å². The van der Waals surface area contributed by atoms with E-state index in [0.29, 0.717) is 0 Å². The van der Waals surface area contributed by atoms with Crippen LogP contribution in [0.25, 0.3) is 0 Å². The fourth-order valence-electron chi connectivity index (χ4n) is 3.08. The summed E-state index contributed by atoms with van der Waals surface area (Å²) in [5, 5.41) is 0. The van der Waals surface area contributed by atoms with Crippen LogP contribution in [0.4, 0.5) is 13.2 Å². The summed E-state index contributed by atoms with van der Waals surface area (Å²) < 4.78 is 57.3. The highest BCUT2D eigenvalue weighted by molar-refractivity contribution is 5.83. The van der Waals surface area contributed by atoms with Crippen LogP contribution in [0.15, 0.2) is 42.5 Å². The maximum atomic E-state index is 13.9. The molecule has 4 nitrogen and oxygen atoms in total. The molecule has 1 aromatic rings. The molecule has 1 aliphatic rings. The fourth-order valence-corrected chi connectivity index (χ4v) is 3.08. The smallest absolute Gasteiger partial charge is 0.432 e. The molecular formula is C20H25F3O4. The lowest BCUT2D eigenvalue weighted by molar-refractivity contribution is -0.277. The summed E-state index contributed by atoms with van der Waals surface area (Å²) in [6, 6.07) is 6.78. The summed E-state index contributed by atoms with van der Waals surface area (Å²) in [5.41, 5.74) is -3.52. The molecule has 27 heavy (non-hydrogen) atoms. The maximum Gasteiger partial charge on any atom is 0.432 e. The Kier molecular flexibility index (Phi) is 7.06. The zero-order valence-corrected chi connectivity index (χ0v) is 15.7. The highest BCUT2D eigenvalue weighted by Gasteiger charge is 2.64. The lowest BCUT2D eigenvalue weighted by Crippen LogP contribution is -2.52. The Labute approximate surface area is 157 Å². The number of hydrogen-bond donors (Lipinski definition) is 0. The summed E-state index contributed by atoms with van der Waals surface area (Å²) in [5.74, 6) is -1.50. The van der Waals surface area contributed by atoms with Gasteiger partial charge in [0.05, 0.1) is 6.10 Å². The summed E-state index contributed by atoms with van der Waals surface area (Å²) in [6.07, 6.45) is -0.579. The Bertz CT molecular complexity index is 644. The van der Waals surface area contributed by atoms with Crippen LogP contribution in [-0.2, 0) is 24.6 Å². The first-order chi connectivity index (χ1) is 12.8. The van der Waals surface area contributed by atoms with Gasteiger partial charge in [0.15, 0.2) is 0 Å². The van der Waals surface area contributed by atoms with Gasteiger partial charge in [0.1, 0.15) is 12.2 Å². The lowest BCUT2D eigenvalue weighted by Gasteiger charge is -2.33. The molecule has 0 spiro atoms. The van der Waals surface area contributed by atoms with Crippen LogP contribution in [0.5, 0.6) is 0 Å². The number of carbonyl (C=O) groups is 1. The third-order valence-corrected chi connectivity index (χ3v) is 4.59. The molecule has 0 unspecified atom stereocenters. The number of benzene rings is 1. The second kappa shape index (κ2) is 8.89. The molecule has 0 radical (unpaired) electrons. The first kappa shape index (κ1) is 21.4. The van der Waals surface area contributed by atoms with Crippen molar-refractivity contribution < 1.29 is 32.2 Å². The van der Waals surface area contributed by atoms with Gasteiger partial charge in [-0.05, 0) is 19.4 Å². The number of unbranched alkanes of at least 4 members (excludes halogenated alkanes) is 1. The van der Waals surface area contributed by atoms with Crippen molar-refractivity contribution in [2.45, 2.75) is 63.2 Å². The maximum absolute atomic E-state index is 13.9. The lowest BCUT2D eigenvalue weighted by atomic mass is 9.92. The van der Waals surface area contributed by atoms with E-state index in [-0.39, 0.29) is 11.7 Å². The normalized spacial score (nSPS) is 23.0. The minimum atomic E-state index is -4.99. The van der Waals surface area contributed by atoms with Gasteiger partial charge in [-0.1, -0.05) is 56.2 Å². The predicted molar refractivity (Wildman–Crippen MR) is 94.1 cm³/mol. The second-order valence-corrected chi connectivity index (χ2v) is 6.43. The molecule has 4 atom stereocenters. The monoisotopic (exact) mass is 386 g/mol. The van der Waals surface area contributed by atoms with Crippen molar-refractivity contribution >= 4 is 5.97 Å². The highest BCUT2D eigenvalue weighted by atomic mass is 19.4. The van der Waals surface area contributed by atoms with Crippen LogP contribution in [0.3, 0.4) is 0 Å². The molecule has 150 valence electrons. The predicted octanol–water partition coefficient (Wildman–Crippen LogP) is 4.54. The molecule has 1 aliphatic heterocycles. The van der Waals surface area contributed by atoms with Crippen LogP contribution in [0, 0.1) is 0 Å². The average molecular weight is 386 g/mol. The topological polar surface area (TPSA) is 48.1 Å². The van der Waals surface area contributed by atoms with Crippen LogP contribution in [-0.4, -0.2) is 37.6 Å². The van der Waals surface area contributed by atoms with Crippen molar-refractivity contribution in [3.63, 3.8) is 0 Å². The first-order valence-electron chi connectivity index (χ1n) is 8.98. The number of halogens is 3. The minimum Gasteiger partial charge on any atom is -0.453 e. The van der Waals surface area contributed by atoms with Crippen molar-refractivity contribution in [2.24, 2.45) is 0 Å². The number of methoxy groups -OCH3 is 1. The Balaban J connectivity index is 2.27. The van der Waals surface area contributed by atoms with E-state index in [9.17, 15) is 18.0 Å². The molecule has 0 N–H and O–H groups in total. The minimum absolute atomic E-state index is 0.112. The van der Waals surface area contributed by atoms with Crippen molar-refractivity contribution in [3.05, 3.63) is 48.0 Å². The molecule has 0 saturated carbocycles. The molecule has 0 aromatic heterocycles. The van der Waals surface area contributed by atoms with Crippen LogP contribution >= 0.6 is 0 Å². The largest absolute Gasteiger partial charge is 0.453 e. The van der Waals surface area contributed by atoms with Gasteiger partial charge in [0, 0.05) is 12.7 Å². The summed E-state index contributed by atoms with van der Waals surface area (Å²) in [4.78, 5) is 12.7. The number of epoxide rings is 1. The van der Waals surface area contributed by atoms with Crippen molar-refractivity contribution in [2.75, 3.05) is 7.11 Å². The van der Waals surface area contributed by atoms with E-state index in [1.165, 1.54) is 30.3 Å². The summed E-state index contributed by atoms with van der Waals surface area (Å²) in [6.45, 7) is 3.74. The number of alkyl halides is 3. The molecule has 0 bridgehead atoms. The molecule has 1 aromatic carbocycles. The molecular weight excluding hydrogens is 361 g/mol. The van der Waals surface area contributed by atoms with Crippen LogP contribution in [0.2, 0.25) is 0 Å². The number of ether oxygens (including phenoxy) is 3. The SMILES string of the molecule is C/C=C/[C@H](OC(=O)[C@@](OC)(c1ccccc1)C(F)(F)F)[C@H]1O[C@H]1CCCC. The van der Waals surface area contributed by atoms with Gasteiger partial charge >= 0.3 is 12.1 Å². The Morgan fingerprint density at radius 3 is 2.48 bits per heavy atom. The molecule has 2 rings (SSSR count). The summed E-state index contributed by atoms with van der Waals surface area (Å²) >= 11 is 0. The molecule has 1 heterocycles. The highest BCUT2D eigenvalue weighted by Crippen LogP contribution is 2.44. The molecule has 7 heteroatoms. The van der Waals surface area contributed by atoms with E-state index in [1.807, 2.05) is 6.92 Å². The van der Waals surface area contributed by atoms with E-state index >= 15 is 0 Å². The third-order valence-electron chi connectivity index (χ3n) is 4.59. The van der Waals surface area contributed by atoms with Crippen molar-refractivity contribution in [1.29, 1.82) is 0 Å². The summed E-state index contributed by atoms with van der Waals surface area (Å²) in [7, 11) is 0.851. The van der Waals surface area contributed by atoms with Gasteiger partial charge in [-0.3, -0.25) is 0 Å². The van der Waals surface area contributed by atoms with Crippen molar-refractivity contribution in [1.82, 2.24) is 0 Å². The Morgan fingerprint density at radius 1 is 1.30 bits per heavy atom. The molecule has 1 fully saturated rings. The number of carbonyl (C=O) groups excluding carboxylic acids is 1. The molecule has 1 saturated heterocycles. The standard InChI is InChI=1S/C20H25F3O4/c1-4-6-13-16-17(26-16)15(10-5-2)27-18(24)19(25-3,20(21,22)23)14-11-8-7-9-12-14/h5,7-12,15-17H,4,6,13H2,1-3H3/b10-5+/t15-,16-,17+,19-/m0/s1. The van der Waals surface area contributed by atoms with Gasteiger partial charge < -0.3 is 14.2 Å². The zero-order valence-electron chi connectivity index (χ0n) is 15.7. The number of esters is 1. The van der Waals surface area contributed by atoms with Crippen LogP contribution in [0.1, 0.15) is 38.7 Å². The third kappa shape index (κ3) is 4.52. The van der Waals surface area contributed by atoms with Gasteiger partial charge in [0.2, 0.25) is 0 Å². The van der Waals surface area contributed by atoms with E-state index < -0.39 is 30.0 Å². The van der Waals surface area contributed by atoms with Crippen LogP contribution < -0.4 is 0 Å². The number of hydrogen-bond acceptors (Lipinski definition) is 4. The fraction of sp³-hybridized carbons (Fsp3) is 0.550. The Hall–Kier alpha value is -1.86. The van der Waals surface area contributed by atoms with Gasteiger partial charge in [-0.2, -0.15) is 13.2 Å². The first-order valence-corrected chi connectivity index (χ1v) is 8.98. The average Bonchev–Trinajstić information content (AvgIpc) is 3.40. The van der Waals surface area contributed by atoms with Gasteiger partial charge in [-0.15, -0.1) is 0 Å². The van der Waals surface area contributed by atoms with Gasteiger partial charge in [0.25, 0.3) is 5.60 Å². The van der Waals surface area contributed by atoms with Crippen molar-refractivity contribution in [3.8, 4) is 0 Å². The second-order valence-electron chi connectivity index (χ2n) is 6.43. The molecule has 0 amide bonds. The molecule has 0 aliphatic carbocycles. The quantitative estimate of drug-likeness (QED) is 0.355. The van der Waals surface area contributed by atoms with Gasteiger partial charge in [-0.25, -0.2) is 4.79 Å². The number of rotatable bonds is 9.